The summed E-state index contributed by atoms with van der Waals surface area (Å²) in [5, 5.41) is 12.0. The molecule has 1 aromatic rings. The Balaban J connectivity index is 2.68. The van der Waals surface area contributed by atoms with Gasteiger partial charge in [0.15, 0.2) is 0 Å². The average Bonchev–Trinajstić information content (AvgIpc) is 2.34. The van der Waals surface area contributed by atoms with Crippen LogP contribution in [-0.2, 0) is 5.41 Å². The topological polar surface area (TPSA) is 35.8 Å². The summed E-state index contributed by atoms with van der Waals surface area (Å²) in [5.74, 6) is -1.13. The molecule has 19 heavy (non-hydrogen) atoms. The second-order valence-corrected chi connectivity index (χ2v) is 5.37. The first kappa shape index (κ1) is 15.6. The third kappa shape index (κ3) is 4.29. The van der Waals surface area contributed by atoms with Gasteiger partial charge in [-0.2, -0.15) is 5.26 Å². The average molecular weight is 266 g/mol. The lowest BCUT2D eigenvalue weighted by Gasteiger charge is -2.26. The highest BCUT2D eigenvalue weighted by atomic mass is 19.1. The van der Waals surface area contributed by atoms with Gasteiger partial charge in [0.05, 0.1) is 12.0 Å². The van der Waals surface area contributed by atoms with Gasteiger partial charge in [-0.15, -0.1) is 0 Å². The van der Waals surface area contributed by atoms with Gasteiger partial charge in [-0.05, 0) is 18.1 Å². The van der Waals surface area contributed by atoms with Crippen molar-refractivity contribution in [2.45, 2.75) is 32.6 Å². The number of rotatable bonds is 6. The Labute approximate surface area is 113 Å². The largest absolute Gasteiger partial charge is 0.315 e. The van der Waals surface area contributed by atoms with E-state index in [1.165, 1.54) is 12.1 Å². The zero-order valence-electron chi connectivity index (χ0n) is 11.6. The Morgan fingerprint density at radius 1 is 1.37 bits per heavy atom. The third-order valence-corrected chi connectivity index (χ3v) is 3.29. The Hall–Kier alpha value is -1.47. The minimum absolute atomic E-state index is 0.0335. The molecule has 1 aromatic carbocycles. The number of hydrogen-bond donors (Lipinski definition) is 1. The van der Waals surface area contributed by atoms with Crippen LogP contribution in [0.2, 0.25) is 0 Å². The SMILES string of the molecule is CCC(C#N)CNCC(C)(C)c1ccc(F)cc1F. The fraction of sp³-hybridized carbons (Fsp3) is 0.533. The number of benzene rings is 1. The second-order valence-electron chi connectivity index (χ2n) is 5.37. The fourth-order valence-corrected chi connectivity index (χ4v) is 1.97. The van der Waals surface area contributed by atoms with Crippen molar-refractivity contribution >= 4 is 0 Å². The summed E-state index contributed by atoms with van der Waals surface area (Å²) in [6, 6.07) is 5.86. The standard InChI is InChI=1S/C15H20F2N2/c1-4-11(8-18)9-19-10-15(2,3)13-6-5-12(16)7-14(13)17/h5-7,11,19H,4,9-10H2,1-3H3. The normalized spacial score (nSPS) is 13.1. The Bertz CT molecular complexity index is 464. The van der Waals surface area contributed by atoms with Crippen LogP contribution in [0.4, 0.5) is 8.78 Å². The summed E-state index contributed by atoms with van der Waals surface area (Å²) < 4.78 is 26.6. The lowest BCUT2D eigenvalue weighted by atomic mass is 9.84. The van der Waals surface area contributed by atoms with Crippen molar-refractivity contribution < 1.29 is 8.78 Å². The van der Waals surface area contributed by atoms with Crippen LogP contribution in [0, 0.1) is 28.9 Å². The molecule has 0 spiro atoms. The van der Waals surface area contributed by atoms with E-state index in [1.807, 2.05) is 20.8 Å². The molecule has 0 aliphatic heterocycles. The summed E-state index contributed by atoms with van der Waals surface area (Å²) in [6.07, 6.45) is 0.787. The zero-order valence-corrected chi connectivity index (χ0v) is 11.6. The van der Waals surface area contributed by atoms with Crippen LogP contribution >= 0.6 is 0 Å². The predicted molar refractivity (Wildman–Crippen MR) is 71.6 cm³/mol. The molecular weight excluding hydrogens is 246 g/mol. The van der Waals surface area contributed by atoms with E-state index < -0.39 is 17.0 Å². The van der Waals surface area contributed by atoms with Crippen molar-refractivity contribution in [2.75, 3.05) is 13.1 Å². The molecule has 0 heterocycles. The number of nitrogens with zero attached hydrogens (tertiary/aromatic N) is 1. The molecule has 0 saturated heterocycles. The summed E-state index contributed by atoms with van der Waals surface area (Å²) in [7, 11) is 0. The lowest BCUT2D eigenvalue weighted by Crippen LogP contribution is -2.36. The maximum absolute atomic E-state index is 13.7. The lowest BCUT2D eigenvalue weighted by molar-refractivity contribution is 0.425. The molecule has 1 N–H and O–H groups in total. The summed E-state index contributed by atoms with van der Waals surface area (Å²) >= 11 is 0. The van der Waals surface area contributed by atoms with Crippen LogP contribution in [0.5, 0.6) is 0 Å². The molecule has 0 aliphatic rings. The number of halogens is 2. The third-order valence-electron chi connectivity index (χ3n) is 3.29. The number of hydrogen-bond acceptors (Lipinski definition) is 2. The maximum Gasteiger partial charge on any atom is 0.129 e. The molecule has 0 amide bonds. The predicted octanol–water partition coefficient (Wildman–Crippen LogP) is 3.38. The second kappa shape index (κ2) is 6.63. The molecule has 4 heteroatoms. The van der Waals surface area contributed by atoms with Gasteiger partial charge in [0.25, 0.3) is 0 Å². The van der Waals surface area contributed by atoms with Crippen LogP contribution in [-0.4, -0.2) is 13.1 Å². The van der Waals surface area contributed by atoms with Crippen LogP contribution in [0.3, 0.4) is 0 Å². The van der Waals surface area contributed by atoms with Gasteiger partial charge in [-0.25, -0.2) is 8.78 Å². The van der Waals surface area contributed by atoms with E-state index in [0.29, 0.717) is 18.7 Å². The minimum Gasteiger partial charge on any atom is -0.315 e. The Kier molecular flexibility index (Phi) is 5.44. The summed E-state index contributed by atoms with van der Waals surface area (Å²) in [6.45, 7) is 6.86. The van der Waals surface area contributed by atoms with Gasteiger partial charge in [-0.3, -0.25) is 0 Å². The van der Waals surface area contributed by atoms with E-state index in [-0.39, 0.29) is 5.92 Å². The molecule has 0 aliphatic carbocycles. The summed E-state index contributed by atoms with van der Waals surface area (Å²) in [4.78, 5) is 0. The van der Waals surface area contributed by atoms with Crippen LogP contribution < -0.4 is 5.32 Å². The quantitative estimate of drug-likeness (QED) is 0.856. The van der Waals surface area contributed by atoms with E-state index >= 15 is 0 Å². The van der Waals surface area contributed by atoms with Crippen molar-refractivity contribution in [1.82, 2.24) is 5.32 Å². The first-order chi connectivity index (χ1) is 8.90. The van der Waals surface area contributed by atoms with E-state index in [2.05, 4.69) is 11.4 Å². The molecule has 1 atom stereocenters. The highest BCUT2D eigenvalue weighted by molar-refractivity contribution is 5.26. The molecule has 0 bridgehead atoms. The first-order valence-corrected chi connectivity index (χ1v) is 6.46. The van der Waals surface area contributed by atoms with Crippen LogP contribution in [0.25, 0.3) is 0 Å². The van der Waals surface area contributed by atoms with Gasteiger partial charge in [0.2, 0.25) is 0 Å². The van der Waals surface area contributed by atoms with Crippen molar-refractivity contribution in [3.63, 3.8) is 0 Å². The molecule has 1 rings (SSSR count). The van der Waals surface area contributed by atoms with Gasteiger partial charge in [-0.1, -0.05) is 26.8 Å². The number of nitrogens with one attached hydrogen (secondary N) is 1. The van der Waals surface area contributed by atoms with Crippen molar-refractivity contribution in [1.29, 1.82) is 5.26 Å². The van der Waals surface area contributed by atoms with Gasteiger partial charge < -0.3 is 5.32 Å². The molecule has 0 aromatic heterocycles. The molecule has 104 valence electrons. The first-order valence-electron chi connectivity index (χ1n) is 6.46. The zero-order chi connectivity index (χ0) is 14.5. The minimum atomic E-state index is -0.569. The number of nitriles is 1. The van der Waals surface area contributed by atoms with Crippen molar-refractivity contribution in [3.05, 3.63) is 35.4 Å². The van der Waals surface area contributed by atoms with Crippen molar-refractivity contribution in [2.24, 2.45) is 5.92 Å². The van der Waals surface area contributed by atoms with Crippen LogP contribution in [0.15, 0.2) is 18.2 Å². The van der Waals surface area contributed by atoms with Gasteiger partial charge >= 0.3 is 0 Å². The van der Waals surface area contributed by atoms with E-state index in [0.717, 1.165) is 12.5 Å². The van der Waals surface area contributed by atoms with E-state index in [4.69, 9.17) is 5.26 Å². The maximum atomic E-state index is 13.7. The highest BCUT2D eigenvalue weighted by Crippen LogP contribution is 2.25. The fourth-order valence-electron chi connectivity index (χ4n) is 1.97. The molecule has 1 unspecified atom stereocenters. The van der Waals surface area contributed by atoms with Crippen molar-refractivity contribution in [3.8, 4) is 6.07 Å². The Morgan fingerprint density at radius 3 is 2.58 bits per heavy atom. The molecule has 0 saturated carbocycles. The summed E-state index contributed by atoms with van der Waals surface area (Å²) in [5.41, 5.74) is 0.0253. The van der Waals surface area contributed by atoms with E-state index in [1.54, 1.807) is 0 Å². The van der Waals surface area contributed by atoms with E-state index in [9.17, 15) is 8.78 Å². The molecule has 2 nitrogen and oxygen atoms in total. The monoisotopic (exact) mass is 266 g/mol. The molecule has 0 radical (unpaired) electrons. The van der Waals surface area contributed by atoms with Crippen LogP contribution in [0.1, 0.15) is 32.8 Å². The molecule has 0 fully saturated rings. The Morgan fingerprint density at radius 2 is 2.05 bits per heavy atom. The smallest absolute Gasteiger partial charge is 0.129 e. The van der Waals surface area contributed by atoms with Gasteiger partial charge in [0, 0.05) is 24.6 Å². The van der Waals surface area contributed by atoms with Gasteiger partial charge in [0.1, 0.15) is 11.6 Å². The molecular formula is C15H20F2N2. The highest BCUT2D eigenvalue weighted by Gasteiger charge is 2.24.